The molecule has 6 heterocycles. The Kier molecular flexibility index (Phi) is 11.0. The van der Waals surface area contributed by atoms with E-state index in [0.717, 1.165) is 46.5 Å². The average Bonchev–Trinajstić information content (AvgIpc) is 3.45. The van der Waals surface area contributed by atoms with Gasteiger partial charge in [0.2, 0.25) is 11.8 Å². The summed E-state index contributed by atoms with van der Waals surface area (Å²) in [6.07, 6.45) is -0.552. The fourth-order valence-electron chi connectivity index (χ4n) is 7.67. The van der Waals surface area contributed by atoms with Gasteiger partial charge in [0.1, 0.15) is 24.4 Å². The maximum Gasteiger partial charge on any atom is 0.410 e. The maximum absolute atomic E-state index is 12.5. The second-order valence-electron chi connectivity index (χ2n) is 17.4. The number of fused-ring (bicyclic) bond motifs is 2. The van der Waals surface area contributed by atoms with E-state index in [2.05, 4.69) is 9.80 Å². The van der Waals surface area contributed by atoms with Crippen molar-refractivity contribution in [2.45, 2.75) is 77.9 Å². The van der Waals surface area contributed by atoms with Crippen LogP contribution in [0.25, 0.3) is 33.6 Å². The van der Waals surface area contributed by atoms with E-state index in [-0.39, 0.29) is 24.3 Å². The zero-order valence-electron chi connectivity index (χ0n) is 33.9. The van der Waals surface area contributed by atoms with Crippen LogP contribution in [0.15, 0.2) is 60.7 Å². The van der Waals surface area contributed by atoms with Gasteiger partial charge in [0.25, 0.3) is 0 Å². The van der Waals surface area contributed by atoms with Crippen molar-refractivity contribution >= 4 is 35.4 Å². The molecule has 0 unspecified atom stereocenters. The van der Waals surface area contributed by atoms with Crippen LogP contribution < -0.4 is 9.47 Å². The number of pyridine rings is 2. The van der Waals surface area contributed by atoms with E-state index in [9.17, 15) is 9.59 Å². The summed E-state index contributed by atoms with van der Waals surface area (Å²) in [5, 5.41) is 1.06. The summed E-state index contributed by atoms with van der Waals surface area (Å²) >= 11 is 14.4. The fourth-order valence-corrected chi connectivity index (χ4v) is 8.32. The number of halogens is 2. The molecule has 14 heteroatoms. The quantitative estimate of drug-likeness (QED) is 0.195. The maximum atomic E-state index is 12.5. The molecule has 58 heavy (non-hydrogen) atoms. The van der Waals surface area contributed by atoms with Crippen molar-refractivity contribution in [3.63, 3.8) is 0 Å². The number of benzene rings is 2. The molecule has 2 fully saturated rings. The minimum Gasteiger partial charge on any atom is -0.476 e. The van der Waals surface area contributed by atoms with Crippen molar-refractivity contribution in [2.75, 3.05) is 52.5 Å². The number of aromatic nitrogens is 2. The van der Waals surface area contributed by atoms with Gasteiger partial charge in [-0.25, -0.2) is 19.6 Å². The van der Waals surface area contributed by atoms with Gasteiger partial charge < -0.3 is 28.7 Å². The van der Waals surface area contributed by atoms with Crippen molar-refractivity contribution in [1.82, 2.24) is 29.6 Å². The van der Waals surface area contributed by atoms with E-state index in [1.807, 2.05) is 102 Å². The predicted octanol–water partition coefficient (Wildman–Crippen LogP) is 8.41. The summed E-state index contributed by atoms with van der Waals surface area (Å²) in [4.78, 5) is 43.1. The molecule has 0 bridgehead atoms. The first kappa shape index (κ1) is 40.2. The van der Waals surface area contributed by atoms with E-state index >= 15 is 0 Å². The predicted molar refractivity (Wildman–Crippen MR) is 223 cm³/mol. The van der Waals surface area contributed by atoms with E-state index < -0.39 is 11.2 Å². The van der Waals surface area contributed by atoms with Gasteiger partial charge in [-0.05, 0) is 53.7 Å². The molecule has 0 saturated carbocycles. The summed E-state index contributed by atoms with van der Waals surface area (Å²) in [7, 11) is 0. The van der Waals surface area contributed by atoms with Crippen molar-refractivity contribution < 1.29 is 28.5 Å². The molecule has 0 spiro atoms. The number of amides is 2. The molecule has 2 aromatic carbocycles. The molecular formula is C44H50Cl2N6O6. The van der Waals surface area contributed by atoms with Gasteiger partial charge in [0.05, 0.1) is 21.4 Å². The Bertz CT molecular complexity index is 2060. The van der Waals surface area contributed by atoms with Crippen LogP contribution in [0.1, 0.15) is 52.7 Å². The first-order valence-corrected chi connectivity index (χ1v) is 20.6. The molecule has 8 rings (SSSR count). The third-order valence-corrected chi connectivity index (χ3v) is 11.6. The molecule has 12 nitrogen and oxygen atoms in total. The fraction of sp³-hybridized carbons (Fsp3) is 0.455. The zero-order valence-corrected chi connectivity index (χ0v) is 35.4. The van der Waals surface area contributed by atoms with E-state index in [0.29, 0.717) is 85.7 Å². The van der Waals surface area contributed by atoms with Gasteiger partial charge >= 0.3 is 12.2 Å². The molecule has 306 valence electrons. The third-order valence-electron chi connectivity index (χ3n) is 10.8. The van der Waals surface area contributed by atoms with Gasteiger partial charge in [-0.15, -0.1) is 0 Å². The van der Waals surface area contributed by atoms with Crippen molar-refractivity contribution in [2.24, 2.45) is 0 Å². The number of carbonyl (C=O) groups is 2. The van der Waals surface area contributed by atoms with Crippen LogP contribution in [-0.4, -0.2) is 118 Å². The number of hydrogen-bond donors (Lipinski definition) is 0. The van der Waals surface area contributed by atoms with Gasteiger partial charge in [-0.3, -0.25) is 9.80 Å². The molecule has 2 saturated heterocycles. The van der Waals surface area contributed by atoms with Crippen LogP contribution in [0.4, 0.5) is 9.59 Å². The van der Waals surface area contributed by atoms with Crippen LogP contribution in [-0.2, 0) is 22.6 Å². The highest BCUT2D eigenvalue weighted by molar-refractivity contribution is 6.39. The average molecular weight is 830 g/mol. The lowest BCUT2D eigenvalue weighted by molar-refractivity contribution is -0.0182. The van der Waals surface area contributed by atoms with Gasteiger partial charge in [-0.2, -0.15) is 0 Å². The summed E-state index contributed by atoms with van der Waals surface area (Å²) in [5.41, 5.74) is 5.40. The molecule has 0 atom stereocenters. The highest BCUT2D eigenvalue weighted by Gasteiger charge is 2.39. The molecule has 4 aliphatic rings. The lowest BCUT2D eigenvalue weighted by Gasteiger charge is -2.44. The summed E-state index contributed by atoms with van der Waals surface area (Å²) in [6, 6.07) is 20.2. The lowest BCUT2D eigenvalue weighted by atomic mass is 9.98. The van der Waals surface area contributed by atoms with Gasteiger partial charge in [0.15, 0.2) is 0 Å². The first-order chi connectivity index (χ1) is 27.6. The number of ether oxygens (including phenoxy) is 4. The van der Waals surface area contributed by atoms with Crippen molar-refractivity contribution in [1.29, 1.82) is 0 Å². The monoisotopic (exact) mass is 828 g/mol. The third kappa shape index (κ3) is 8.57. The Morgan fingerprint density at radius 2 is 0.983 bits per heavy atom. The summed E-state index contributed by atoms with van der Waals surface area (Å²) in [5.74, 6) is 1.17. The molecule has 0 radical (unpaired) electrons. The number of carbonyl (C=O) groups excluding carboxylic acids is 2. The molecular weight excluding hydrogens is 779 g/mol. The Hall–Kier alpha value is -4.62. The second-order valence-corrected chi connectivity index (χ2v) is 18.1. The number of hydrogen-bond acceptors (Lipinski definition) is 10. The molecule has 2 amide bonds. The van der Waals surface area contributed by atoms with Crippen molar-refractivity contribution in [3.8, 4) is 45.4 Å². The zero-order chi connectivity index (χ0) is 40.9. The van der Waals surface area contributed by atoms with E-state index in [1.165, 1.54) is 0 Å². The molecule has 2 aromatic heterocycles. The molecule has 4 aromatic rings. The van der Waals surface area contributed by atoms with E-state index in [4.69, 9.17) is 52.1 Å². The van der Waals surface area contributed by atoms with Gasteiger partial charge in [-0.1, -0.05) is 71.7 Å². The van der Waals surface area contributed by atoms with Gasteiger partial charge in [0, 0.05) is 97.8 Å². The Morgan fingerprint density at radius 3 is 1.36 bits per heavy atom. The summed E-state index contributed by atoms with van der Waals surface area (Å²) in [6.45, 7) is 17.5. The summed E-state index contributed by atoms with van der Waals surface area (Å²) < 4.78 is 23.4. The minimum absolute atomic E-state index is 0.227. The van der Waals surface area contributed by atoms with Crippen molar-refractivity contribution in [3.05, 3.63) is 81.8 Å². The van der Waals surface area contributed by atoms with Crippen LogP contribution in [0, 0.1) is 0 Å². The van der Waals surface area contributed by atoms with E-state index in [1.54, 1.807) is 9.80 Å². The number of likely N-dealkylation sites (tertiary alicyclic amines) is 2. The lowest BCUT2D eigenvalue weighted by Crippen LogP contribution is -2.61. The normalized spacial score (nSPS) is 18.1. The molecule has 4 aliphatic heterocycles. The Morgan fingerprint density at radius 1 is 0.603 bits per heavy atom. The molecule has 0 aliphatic carbocycles. The van der Waals surface area contributed by atoms with Crippen LogP contribution in [0.2, 0.25) is 10.0 Å². The highest BCUT2D eigenvalue weighted by Crippen LogP contribution is 2.43. The number of rotatable bonds is 5. The largest absolute Gasteiger partial charge is 0.476 e. The Balaban J connectivity index is 0.959. The Labute approximate surface area is 349 Å². The minimum atomic E-state index is -0.521. The number of nitrogens with zero attached hydrogens (tertiary/aromatic N) is 6. The molecule has 0 N–H and O–H groups in total. The second kappa shape index (κ2) is 15.9. The first-order valence-electron chi connectivity index (χ1n) is 19.9. The van der Waals surface area contributed by atoms with Crippen LogP contribution in [0.5, 0.6) is 11.8 Å². The standard InChI is InChI=1S/C44H50Cl2N6O6/c1-43(2,3)57-41(53)51-23-29(24-51)49-17-19-55-39-27(21-49)13-15-35(47-39)33-11-7-9-31(37(33)45)32-10-8-12-34(38(32)46)36-16-14-28-22-50(18-20-56-40(28)48-36)30-25-52(26-30)42(54)58-44(4,5)6/h7-16,29-30H,17-26H2,1-6H3. The topological polar surface area (TPSA) is 110 Å². The van der Waals surface area contributed by atoms with Crippen LogP contribution in [0.3, 0.4) is 0 Å². The smallest absolute Gasteiger partial charge is 0.410 e. The van der Waals surface area contributed by atoms with Crippen LogP contribution >= 0.6 is 23.2 Å². The highest BCUT2D eigenvalue weighted by atomic mass is 35.5. The SMILES string of the molecule is CC(C)(C)OC(=O)N1CC(N2CCOc3nc(-c4cccc(-c5cccc(-c6ccc7c(n6)OCCN(C6CN(C(=O)OC(C)(C)C)C6)C7)c5Cl)c4Cl)ccc3C2)C1.